The average molecular weight is 188 g/mol. The second-order valence-corrected chi connectivity index (χ2v) is 5.16. The van der Waals surface area contributed by atoms with Gasteiger partial charge in [0, 0.05) is 5.25 Å². The number of rotatable bonds is 4. The van der Waals surface area contributed by atoms with Gasteiger partial charge in [-0.15, -0.1) is 0 Å². The van der Waals surface area contributed by atoms with Crippen molar-refractivity contribution in [3.63, 3.8) is 0 Å². The van der Waals surface area contributed by atoms with Crippen LogP contribution in [0.5, 0.6) is 0 Å². The van der Waals surface area contributed by atoms with Crippen LogP contribution in [-0.4, -0.2) is 22.2 Å². The fraction of sp³-hybridized carbons (Fsp3) is 1.00. The summed E-state index contributed by atoms with van der Waals surface area (Å²) in [5.41, 5.74) is 0. The minimum absolute atomic E-state index is 0.0148. The fourth-order valence-electron chi connectivity index (χ4n) is 1.51. The maximum absolute atomic E-state index is 9.55. The average Bonchev–Trinajstić information content (AvgIpc) is 2.47. The lowest BCUT2D eigenvalue weighted by atomic mass is 10.2. The first kappa shape index (κ1) is 10.4. The molecule has 1 N–H and O–H groups in total. The second-order valence-electron chi connectivity index (χ2n) is 3.88. The van der Waals surface area contributed by atoms with Crippen molar-refractivity contribution < 1.29 is 5.11 Å². The Balaban J connectivity index is 2.13. The molecule has 12 heavy (non-hydrogen) atoms. The van der Waals surface area contributed by atoms with E-state index in [-0.39, 0.29) is 6.10 Å². The van der Waals surface area contributed by atoms with Crippen molar-refractivity contribution in [2.24, 2.45) is 5.92 Å². The highest BCUT2D eigenvalue weighted by Crippen LogP contribution is 2.31. The number of aliphatic hydroxyl groups is 1. The zero-order valence-electron chi connectivity index (χ0n) is 8.12. The van der Waals surface area contributed by atoms with Crippen molar-refractivity contribution in [1.82, 2.24) is 0 Å². The van der Waals surface area contributed by atoms with Gasteiger partial charge in [0.2, 0.25) is 0 Å². The highest BCUT2D eigenvalue weighted by Gasteiger charge is 2.25. The maximum atomic E-state index is 9.55. The van der Waals surface area contributed by atoms with Crippen LogP contribution in [0, 0.1) is 5.92 Å². The molecule has 1 nitrogen and oxygen atoms in total. The Morgan fingerprint density at radius 3 is 2.75 bits per heavy atom. The van der Waals surface area contributed by atoms with E-state index in [1.54, 1.807) is 0 Å². The number of hydrogen-bond donors (Lipinski definition) is 1. The van der Waals surface area contributed by atoms with Gasteiger partial charge in [0.1, 0.15) is 0 Å². The van der Waals surface area contributed by atoms with Gasteiger partial charge >= 0.3 is 0 Å². The van der Waals surface area contributed by atoms with E-state index in [0.29, 0.717) is 5.25 Å². The predicted molar refractivity (Wildman–Crippen MR) is 55.6 cm³/mol. The molecule has 1 aliphatic carbocycles. The second kappa shape index (κ2) is 5.13. The summed E-state index contributed by atoms with van der Waals surface area (Å²) in [4.78, 5) is 0. The van der Waals surface area contributed by atoms with Gasteiger partial charge in [-0.25, -0.2) is 0 Å². The third-order valence-corrected chi connectivity index (χ3v) is 4.45. The zero-order valence-corrected chi connectivity index (χ0v) is 8.94. The van der Waals surface area contributed by atoms with Crippen molar-refractivity contribution in [1.29, 1.82) is 0 Å². The van der Waals surface area contributed by atoms with Crippen LogP contribution in [0.2, 0.25) is 0 Å². The molecule has 0 radical (unpaired) electrons. The van der Waals surface area contributed by atoms with E-state index >= 15 is 0 Å². The smallest absolute Gasteiger partial charge is 0.0658 e. The molecule has 0 saturated heterocycles. The molecule has 0 aromatic heterocycles. The van der Waals surface area contributed by atoms with E-state index in [0.717, 1.165) is 12.3 Å². The summed E-state index contributed by atoms with van der Waals surface area (Å²) in [6.07, 6.45) is 4.72. The fourth-order valence-corrected chi connectivity index (χ4v) is 3.01. The first-order valence-electron chi connectivity index (χ1n) is 5.03. The Bertz CT molecular complexity index is 127. The minimum Gasteiger partial charge on any atom is -0.392 e. The minimum atomic E-state index is -0.0148. The Labute approximate surface area is 79.9 Å². The largest absolute Gasteiger partial charge is 0.392 e. The van der Waals surface area contributed by atoms with Gasteiger partial charge in [-0.2, -0.15) is 11.8 Å². The molecule has 1 rings (SSSR count). The topological polar surface area (TPSA) is 20.2 Å². The van der Waals surface area contributed by atoms with Gasteiger partial charge in [0.15, 0.2) is 0 Å². The van der Waals surface area contributed by atoms with Crippen LogP contribution in [0.25, 0.3) is 0 Å². The summed E-state index contributed by atoms with van der Waals surface area (Å²) in [5, 5.41) is 10.1. The van der Waals surface area contributed by atoms with E-state index in [4.69, 9.17) is 0 Å². The molecule has 0 amide bonds. The standard InChI is InChI=1S/C10H20OS/c1-3-8(2)7-12-10-6-4-5-9(10)11/h8-11H,3-7H2,1-2H3/t8?,9-,10-/m0/s1. The van der Waals surface area contributed by atoms with Gasteiger partial charge in [0.05, 0.1) is 6.10 Å². The molecule has 72 valence electrons. The van der Waals surface area contributed by atoms with Crippen LogP contribution < -0.4 is 0 Å². The highest BCUT2D eigenvalue weighted by atomic mass is 32.2. The van der Waals surface area contributed by atoms with Gasteiger partial charge in [-0.1, -0.05) is 20.3 Å². The molecular weight excluding hydrogens is 168 g/mol. The van der Waals surface area contributed by atoms with E-state index in [2.05, 4.69) is 13.8 Å². The lowest BCUT2D eigenvalue weighted by molar-refractivity contribution is 0.188. The van der Waals surface area contributed by atoms with Crippen molar-refractivity contribution in [2.45, 2.75) is 50.9 Å². The van der Waals surface area contributed by atoms with Gasteiger partial charge in [0.25, 0.3) is 0 Å². The lowest BCUT2D eigenvalue weighted by Crippen LogP contribution is -2.16. The summed E-state index contributed by atoms with van der Waals surface area (Å²) in [5.74, 6) is 2.03. The third kappa shape index (κ3) is 2.98. The molecule has 0 aromatic carbocycles. The molecule has 0 bridgehead atoms. The highest BCUT2D eigenvalue weighted by molar-refractivity contribution is 7.99. The molecular formula is C10H20OS. The van der Waals surface area contributed by atoms with Crippen LogP contribution in [0.15, 0.2) is 0 Å². The first-order chi connectivity index (χ1) is 5.74. The Morgan fingerprint density at radius 1 is 1.50 bits per heavy atom. The molecule has 1 unspecified atom stereocenters. The van der Waals surface area contributed by atoms with Gasteiger partial charge in [-0.3, -0.25) is 0 Å². The van der Waals surface area contributed by atoms with Crippen LogP contribution in [0.1, 0.15) is 39.5 Å². The summed E-state index contributed by atoms with van der Waals surface area (Å²) < 4.78 is 0. The van der Waals surface area contributed by atoms with Gasteiger partial charge in [-0.05, 0) is 30.9 Å². The zero-order chi connectivity index (χ0) is 8.97. The molecule has 0 spiro atoms. The van der Waals surface area contributed by atoms with Crippen LogP contribution in [0.4, 0.5) is 0 Å². The van der Waals surface area contributed by atoms with E-state index in [9.17, 15) is 5.11 Å². The Hall–Kier alpha value is 0.310. The van der Waals surface area contributed by atoms with Crippen LogP contribution >= 0.6 is 11.8 Å². The molecule has 1 aliphatic rings. The van der Waals surface area contributed by atoms with Crippen LogP contribution in [0.3, 0.4) is 0 Å². The van der Waals surface area contributed by atoms with Gasteiger partial charge < -0.3 is 5.11 Å². The number of hydrogen-bond acceptors (Lipinski definition) is 2. The monoisotopic (exact) mass is 188 g/mol. The summed E-state index contributed by atoms with van der Waals surface area (Å²) in [7, 11) is 0. The molecule has 0 aromatic rings. The predicted octanol–water partition coefficient (Wildman–Crippen LogP) is 2.68. The van der Waals surface area contributed by atoms with E-state index < -0.39 is 0 Å². The normalized spacial score (nSPS) is 32.2. The molecule has 1 fully saturated rings. The van der Waals surface area contributed by atoms with Crippen molar-refractivity contribution >= 4 is 11.8 Å². The quantitative estimate of drug-likeness (QED) is 0.732. The molecule has 0 heterocycles. The Kier molecular flexibility index (Phi) is 4.44. The summed E-state index contributed by atoms with van der Waals surface area (Å²) >= 11 is 1.97. The van der Waals surface area contributed by atoms with Crippen molar-refractivity contribution in [2.75, 3.05) is 5.75 Å². The number of thioether (sulfide) groups is 1. The molecule has 2 heteroatoms. The number of aliphatic hydroxyl groups excluding tert-OH is 1. The van der Waals surface area contributed by atoms with E-state index in [1.165, 1.54) is 25.0 Å². The van der Waals surface area contributed by atoms with Crippen molar-refractivity contribution in [3.8, 4) is 0 Å². The summed E-state index contributed by atoms with van der Waals surface area (Å²) in [6, 6.07) is 0. The van der Waals surface area contributed by atoms with Crippen LogP contribution in [-0.2, 0) is 0 Å². The summed E-state index contributed by atoms with van der Waals surface area (Å²) in [6.45, 7) is 4.52. The SMILES string of the molecule is CCC(C)CS[C@H]1CCC[C@@H]1O. The Morgan fingerprint density at radius 2 is 2.25 bits per heavy atom. The first-order valence-corrected chi connectivity index (χ1v) is 6.08. The molecule has 0 aliphatic heterocycles. The maximum Gasteiger partial charge on any atom is 0.0658 e. The lowest BCUT2D eigenvalue weighted by Gasteiger charge is -2.16. The van der Waals surface area contributed by atoms with E-state index in [1.807, 2.05) is 11.8 Å². The van der Waals surface area contributed by atoms with Crippen molar-refractivity contribution in [3.05, 3.63) is 0 Å². The third-order valence-electron chi connectivity index (χ3n) is 2.71. The molecule has 3 atom stereocenters. The molecule has 1 saturated carbocycles.